The smallest absolute Gasteiger partial charge is 0.332 e. The van der Waals surface area contributed by atoms with Gasteiger partial charge in [-0.1, -0.05) is 12.1 Å². The van der Waals surface area contributed by atoms with Crippen LogP contribution in [0.5, 0.6) is 5.75 Å². The summed E-state index contributed by atoms with van der Waals surface area (Å²) in [6.45, 7) is 2.22. The standard InChI is InChI=1S/C14H20N2O4/c1-4-20-14(18)12(15)13(17)16(2)9-10-5-7-11(19-3)8-6-10/h5-8,12H,4,9,15H2,1-3H3. The van der Waals surface area contributed by atoms with Crippen LogP contribution in [0.15, 0.2) is 24.3 Å². The highest BCUT2D eigenvalue weighted by Crippen LogP contribution is 2.12. The van der Waals surface area contributed by atoms with E-state index in [9.17, 15) is 9.59 Å². The highest BCUT2D eigenvalue weighted by Gasteiger charge is 2.26. The number of benzene rings is 1. The molecule has 0 aliphatic heterocycles. The maximum Gasteiger partial charge on any atom is 0.332 e. The van der Waals surface area contributed by atoms with Crippen molar-refractivity contribution in [3.8, 4) is 5.75 Å². The van der Waals surface area contributed by atoms with Gasteiger partial charge in [0.1, 0.15) is 5.75 Å². The van der Waals surface area contributed by atoms with Crippen molar-refractivity contribution in [3.63, 3.8) is 0 Å². The Kier molecular flexibility index (Phi) is 5.99. The van der Waals surface area contributed by atoms with E-state index in [0.29, 0.717) is 6.54 Å². The summed E-state index contributed by atoms with van der Waals surface area (Å²) in [6, 6.07) is 6.02. The van der Waals surface area contributed by atoms with Crippen LogP contribution in [-0.4, -0.2) is 43.6 Å². The zero-order valence-electron chi connectivity index (χ0n) is 12.0. The molecule has 6 nitrogen and oxygen atoms in total. The normalized spacial score (nSPS) is 11.6. The van der Waals surface area contributed by atoms with Crippen molar-refractivity contribution in [2.45, 2.75) is 19.5 Å². The van der Waals surface area contributed by atoms with Crippen molar-refractivity contribution in [1.82, 2.24) is 4.90 Å². The first kappa shape index (κ1) is 16.0. The van der Waals surface area contributed by atoms with E-state index in [1.165, 1.54) is 4.90 Å². The van der Waals surface area contributed by atoms with Gasteiger partial charge >= 0.3 is 5.97 Å². The summed E-state index contributed by atoms with van der Waals surface area (Å²) in [7, 11) is 3.18. The van der Waals surface area contributed by atoms with Crippen LogP contribution in [0.4, 0.5) is 0 Å². The number of rotatable bonds is 6. The van der Waals surface area contributed by atoms with E-state index in [1.54, 1.807) is 33.2 Å². The second-order valence-electron chi connectivity index (χ2n) is 4.27. The number of likely N-dealkylation sites (N-methyl/N-ethyl adjacent to an activating group) is 1. The van der Waals surface area contributed by atoms with Crippen LogP contribution in [0.2, 0.25) is 0 Å². The molecular weight excluding hydrogens is 260 g/mol. The van der Waals surface area contributed by atoms with Crippen molar-refractivity contribution in [3.05, 3.63) is 29.8 Å². The second-order valence-corrected chi connectivity index (χ2v) is 4.27. The Morgan fingerprint density at radius 2 is 1.90 bits per heavy atom. The first-order chi connectivity index (χ1) is 9.49. The van der Waals surface area contributed by atoms with Crippen molar-refractivity contribution in [2.24, 2.45) is 5.73 Å². The molecule has 1 unspecified atom stereocenters. The van der Waals surface area contributed by atoms with Crippen LogP contribution in [0, 0.1) is 0 Å². The highest BCUT2D eigenvalue weighted by atomic mass is 16.5. The summed E-state index contributed by atoms with van der Waals surface area (Å²) in [5.74, 6) is -0.440. The fourth-order valence-corrected chi connectivity index (χ4v) is 1.65. The number of nitrogens with two attached hydrogens (primary N) is 1. The number of carbonyl (C=O) groups excluding carboxylic acids is 2. The number of ether oxygens (including phenoxy) is 2. The molecule has 1 rings (SSSR count). The monoisotopic (exact) mass is 280 g/mol. The zero-order valence-corrected chi connectivity index (χ0v) is 12.0. The third kappa shape index (κ3) is 4.24. The van der Waals surface area contributed by atoms with Crippen LogP contribution in [-0.2, 0) is 20.9 Å². The minimum Gasteiger partial charge on any atom is -0.497 e. The molecule has 0 fully saturated rings. The van der Waals surface area contributed by atoms with Crippen molar-refractivity contribution in [1.29, 1.82) is 0 Å². The van der Waals surface area contributed by atoms with Crippen LogP contribution >= 0.6 is 0 Å². The van der Waals surface area contributed by atoms with Gasteiger partial charge < -0.3 is 20.1 Å². The molecule has 1 aromatic rings. The molecule has 0 spiro atoms. The van der Waals surface area contributed by atoms with Gasteiger partial charge in [0, 0.05) is 13.6 Å². The summed E-state index contributed by atoms with van der Waals surface area (Å²) in [5, 5.41) is 0. The molecule has 0 saturated carbocycles. The molecule has 20 heavy (non-hydrogen) atoms. The minimum atomic E-state index is -1.28. The number of methoxy groups -OCH3 is 1. The topological polar surface area (TPSA) is 81.9 Å². The van der Waals surface area contributed by atoms with Gasteiger partial charge in [0.2, 0.25) is 0 Å². The van der Waals surface area contributed by atoms with Crippen molar-refractivity contribution >= 4 is 11.9 Å². The Balaban J connectivity index is 2.62. The molecule has 0 bridgehead atoms. The SMILES string of the molecule is CCOC(=O)C(N)C(=O)N(C)Cc1ccc(OC)cc1. The van der Waals surface area contributed by atoms with Crippen molar-refractivity contribution < 1.29 is 19.1 Å². The Morgan fingerprint density at radius 3 is 2.40 bits per heavy atom. The number of carbonyl (C=O) groups is 2. The van der Waals surface area contributed by atoms with Crippen LogP contribution in [0.3, 0.4) is 0 Å². The lowest BCUT2D eigenvalue weighted by molar-refractivity contribution is -0.150. The molecule has 1 atom stereocenters. The molecule has 1 aromatic carbocycles. The molecule has 0 aliphatic rings. The van der Waals surface area contributed by atoms with Gasteiger partial charge in [0.05, 0.1) is 13.7 Å². The molecule has 0 saturated heterocycles. The van der Waals surface area contributed by atoms with Gasteiger partial charge in [-0.3, -0.25) is 4.79 Å². The number of hydrogen-bond acceptors (Lipinski definition) is 5. The third-order valence-electron chi connectivity index (χ3n) is 2.76. The molecule has 0 radical (unpaired) electrons. The first-order valence-corrected chi connectivity index (χ1v) is 6.29. The second kappa shape index (κ2) is 7.49. The van der Waals surface area contributed by atoms with E-state index in [1.807, 2.05) is 12.1 Å². The van der Waals surface area contributed by atoms with Crippen LogP contribution < -0.4 is 10.5 Å². The predicted molar refractivity (Wildman–Crippen MR) is 74.1 cm³/mol. The number of amides is 1. The van der Waals surface area contributed by atoms with Gasteiger partial charge in [-0.2, -0.15) is 0 Å². The van der Waals surface area contributed by atoms with Crippen LogP contribution in [0.1, 0.15) is 12.5 Å². The largest absolute Gasteiger partial charge is 0.497 e. The average Bonchev–Trinajstić information content (AvgIpc) is 2.46. The quantitative estimate of drug-likeness (QED) is 0.607. The fraction of sp³-hybridized carbons (Fsp3) is 0.429. The lowest BCUT2D eigenvalue weighted by atomic mass is 10.2. The Hall–Kier alpha value is -2.08. The first-order valence-electron chi connectivity index (χ1n) is 6.29. The number of nitrogens with zero attached hydrogens (tertiary/aromatic N) is 1. The third-order valence-corrected chi connectivity index (χ3v) is 2.76. The summed E-state index contributed by atoms with van der Waals surface area (Å²) in [5.41, 5.74) is 6.48. The van der Waals surface area contributed by atoms with Gasteiger partial charge in [-0.05, 0) is 24.6 Å². The maximum atomic E-state index is 12.0. The average molecular weight is 280 g/mol. The summed E-state index contributed by atoms with van der Waals surface area (Å²) >= 11 is 0. The molecule has 1 amide bonds. The van der Waals surface area contributed by atoms with E-state index >= 15 is 0 Å². The summed E-state index contributed by atoms with van der Waals surface area (Å²) < 4.78 is 9.78. The van der Waals surface area contributed by atoms with Gasteiger partial charge in [-0.25, -0.2) is 4.79 Å². The summed E-state index contributed by atoms with van der Waals surface area (Å²) in [4.78, 5) is 24.8. The Morgan fingerprint density at radius 1 is 1.30 bits per heavy atom. The lowest BCUT2D eigenvalue weighted by Crippen LogP contribution is -2.47. The molecule has 0 heterocycles. The van der Waals surface area contributed by atoms with Gasteiger partial charge in [0.25, 0.3) is 5.91 Å². The number of esters is 1. The Bertz CT molecular complexity index is 459. The zero-order chi connectivity index (χ0) is 15.1. The van der Waals surface area contributed by atoms with E-state index in [0.717, 1.165) is 11.3 Å². The molecule has 110 valence electrons. The van der Waals surface area contributed by atoms with Crippen molar-refractivity contribution in [2.75, 3.05) is 20.8 Å². The molecule has 0 aromatic heterocycles. The predicted octanol–water partition coefficient (Wildman–Crippen LogP) is 0.544. The molecule has 2 N–H and O–H groups in total. The fourth-order valence-electron chi connectivity index (χ4n) is 1.65. The van der Waals surface area contributed by atoms with E-state index in [-0.39, 0.29) is 6.61 Å². The van der Waals surface area contributed by atoms with Crippen LogP contribution in [0.25, 0.3) is 0 Å². The molecule has 6 heteroatoms. The Labute approximate surface area is 118 Å². The minimum absolute atomic E-state index is 0.196. The van der Waals surface area contributed by atoms with E-state index in [2.05, 4.69) is 0 Å². The van der Waals surface area contributed by atoms with E-state index in [4.69, 9.17) is 15.2 Å². The van der Waals surface area contributed by atoms with E-state index < -0.39 is 17.9 Å². The number of hydrogen-bond donors (Lipinski definition) is 1. The summed E-state index contributed by atoms with van der Waals surface area (Å²) in [6.07, 6.45) is 0. The molecule has 0 aliphatic carbocycles. The lowest BCUT2D eigenvalue weighted by Gasteiger charge is -2.20. The molecular formula is C14H20N2O4. The maximum absolute atomic E-state index is 12.0. The van der Waals surface area contributed by atoms with Gasteiger partial charge in [-0.15, -0.1) is 0 Å². The van der Waals surface area contributed by atoms with Gasteiger partial charge in [0.15, 0.2) is 6.04 Å². The highest BCUT2D eigenvalue weighted by molar-refractivity contribution is 6.01.